The minimum absolute atomic E-state index is 0.282. The van der Waals surface area contributed by atoms with E-state index in [1.165, 1.54) is 17.4 Å². The van der Waals surface area contributed by atoms with E-state index in [-0.39, 0.29) is 5.91 Å². The van der Waals surface area contributed by atoms with E-state index < -0.39 is 0 Å². The average molecular weight is 411 g/mol. The molecule has 28 heavy (non-hydrogen) atoms. The van der Waals surface area contributed by atoms with Crippen LogP contribution in [0.25, 0.3) is 28.5 Å². The molecule has 4 rings (SSSR count). The van der Waals surface area contributed by atoms with Crippen molar-refractivity contribution in [1.29, 1.82) is 0 Å². The van der Waals surface area contributed by atoms with E-state index >= 15 is 0 Å². The molecule has 0 unspecified atom stereocenters. The number of fused-ring (bicyclic) bond motifs is 1. The zero-order chi connectivity index (χ0) is 19.5. The number of thiazole rings is 1. The van der Waals surface area contributed by atoms with Crippen LogP contribution in [0.15, 0.2) is 64.4 Å². The lowest BCUT2D eigenvalue weighted by Gasteiger charge is -1.98. The highest BCUT2D eigenvalue weighted by atomic mass is 35.5. The smallest absolute Gasteiger partial charge is 0.250 e. The maximum atomic E-state index is 12.1. The van der Waals surface area contributed by atoms with E-state index in [2.05, 4.69) is 10.3 Å². The third-order valence-electron chi connectivity index (χ3n) is 4.03. The molecule has 0 aliphatic rings. The van der Waals surface area contributed by atoms with E-state index in [0.29, 0.717) is 21.6 Å². The molecule has 0 aliphatic carbocycles. The van der Waals surface area contributed by atoms with E-state index in [0.717, 1.165) is 22.3 Å². The second-order valence-electron chi connectivity index (χ2n) is 5.90. The summed E-state index contributed by atoms with van der Waals surface area (Å²) < 4.78 is 11.1. The minimum atomic E-state index is -0.282. The van der Waals surface area contributed by atoms with Crippen molar-refractivity contribution in [2.45, 2.75) is 0 Å². The summed E-state index contributed by atoms with van der Waals surface area (Å²) in [4.78, 5) is 16.6. The largest absolute Gasteiger partial charge is 0.497 e. The average Bonchev–Trinajstić information content (AvgIpc) is 3.33. The molecule has 5 nitrogen and oxygen atoms in total. The van der Waals surface area contributed by atoms with Gasteiger partial charge in [0, 0.05) is 27.9 Å². The Morgan fingerprint density at radius 2 is 2.11 bits per heavy atom. The summed E-state index contributed by atoms with van der Waals surface area (Å²) in [5.74, 6) is 1.08. The summed E-state index contributed by atoms with van der Waals surface area (Å²) in [7, 11) is 1.61. The van der Waals surface area contributed by atoms with Crippen LogP contribution in [0.3, 0.4) is 0 Å². The normalized spacial score (nSPS) is 11.2. The van der Waals surface area contributed by atoms with E-state index in [1.807, 2.05) is 47.8 Å². The molecule has 0 aliphatic heterocycles. The van der Waals surface area contributed by atoms with Crippen LogP contribution >= 0.6 is 22.9 Å². The Kier molecular flexibility index (Phi) is 5.14. The summed E-state index contributed by atoms with van der Waals surface area (Å²) in [5, 5.41) is 6.62. The molecule has 2 aromatic carbocycles. The van der Waals surface area contributed by atoms with Gasteiger partial charge in [0.25, 0.3) is 0 Å². The zero-order valence-corrected chi connectivity index (χ0v) is 16.4. The van der Waals surface area contributed by atoms with Crippen molar-refractivity contribution in [1.82, 2.24) is 4.98 Å². The van der Waals surface area contributed by atoms with Crippen LogP contribution in [-0.2, 0) is 4.79 Å². The first-order chi connectivity index (χ1) is 13.6. The second kappa shape index (κ2) is 7.88. The monoisotopic (exact) mass is 410 g/mol. The van der Waals surface area contributed by atoms with Crippen molar-refractivity contribution in [3.05, 3.63) is 70.6 Å². The molecule has 2 heterocycles. The Bertz CT molecular complexity index is 1180. The van der Waals surface area contributed by atoms with Crippen LogP contribution in [0.4, 0.5) is 5.13 Å². The molecule has 0 bridgehead atoms. The highest BCUT2D eigenvalue weighted by Crippen LogP contribution is 2.32. The molecule has 4 aromatic rings. The van der Waals surface area contributed by atoms with Crippen LogP contribution < -0.4 is 10.1 Å². The van der Waals surface area contributed by atoms with Crippen molar-refractivity contribution in [2.75, 3.05) is 12.4 Å². The minimum Gasteiger partial charge on any atom is -0.497 e. The number of ether oxygens (including phenoxy) is 1. The zero-order valence-electron chi connectivity index (χ0n) is 14.8. The molecule has 2 aromatic heterocycles. The van der Waals surface area contributed by atoms with E-state index in [9.17, 15) is 4.79 Å². The van der Waals surface area contributed by atoms with Crippen molar-refractivity contribution in [2.24, 2.45) is 0 Å². The second-order valence-corrected chi connectivity index (χ2v) is 7.16. The Morgan fingerprint density at radius 1 is 1.25 bits per heavy atom. The predicted molar refractivity (Wildman–Crippen MR) is 113 cm³/mol. The van der Waals surface area contributed by atoms with Crippen LogP contribution in [0.2, 0.25) is 5.02 Å². The quantitative estimate of drug-likeness (QED) is 0.418. The number of nitrogens with one attached hydrogen (secondary N) is 1. The number of benzene rings is 2. The number of halogens is 1. The number of amides is 1. The number of aromatic nitrogens is 1. The number of hydrogen-bond acceptors (Lipinski definition) is 5. The number of furan rings is 1. The van der Waals surface area contributed by atoms with Gasteiger partial charge in [-0.05, 0) is 35.9 Å². The molecule has 0 saturated heterocycles. The number of rotatable bonds is 5. The molecule has 0 fully saturated rings. The van der Waals surface area contributed by atoms with Gasteiger partial charge in [-0.2, -0.15) is 0 Å². The van der Waals surface area contributed by atoms with Crippen LogP contribution in [0.5, 0.6) is 5.75 Å². The van der Waals surface area contributed by atoms with Gasteiger partial charge in [-0.1, -0.05) is 29.8 Å². The molecule has 140 valence electrons. The molecular formula is C21H15ClN2O3S. The van der Waals surface area contributed by atoms with Gasteiger partial charge in [0.1, 0.15) is 17.0 Å². The number of anilines is 1. The summed E-state index contributed by atoms with van der Waals surface area (Å²) in [5.41, 5.74) is 2.15. The summed E-state index contributed by atoms with van der Waals surface area (Å²) in [6, 6.07) is 14.8. The number of hydrogen-bond donors (Lipinski definition) is 1. The maximum absolute atomic E-state index is 12.1. The highest BCUT2D eigenvalue weighted by Gasteiger charge is 2.12. The van der Waals surface area contributed by atoms with Crippen LogP contribution in [0, 0.1) is 0 Å². The Labute approximate surface area is 170 Å². The number of carbonyl (C=O) groups excluding carboxylic acids is 1. The van der Waals surface area contributed by atoms with E-state index in [4.69, 9.17) is 20.8 Å². The van der Waals surface area contributed by atoms with Gasteiger partial charge in [-0.25, -0.2) is 4.98 Å². The van der Waals surface area contributed by atoms with Crippen LogP contribution in [0.1, 0.15) is 5.56 Å². The first-order valence-electron chi connectivity index (χ1n) is 8.39. The van der Waals surface area contributed by atoms with Gasteiger partial charge in [0.2, 0.25) is 5.91 Å². The fourth-order valence-corrected chi connectivity index (χ4v) is 3.53. The van der Waals surface area contributed by atoms with E-state index in [1.54, 1.807) is 19.3 Å². The van der Waals surface area contributed by atoms with Crippen LogP contribution in [-0.4, -0.2) is 18.0 Å². The molecule has 7 heteroatoms. The molecule has 0 saturated carbocycles. The van der Waals surface area contributed by atoms with Crippen molar-refractivity contribution >= 4 is 51.0 Å². The number of carbonyl (C=O) groups is 1. The Morgan fingerprint density at radius 3 is 2.93 bits per heavy atom. The predicted octanol–water partition coefficient (Wildman–Crippen LogP) is 5.87. The Hall–Kier alpha value is -3.09. The fraction of sp³-hybridized carbons (Fsp3) is 0.0476. The Balaban J connectivity index is 1.48. The third-order valence-corrected chi connectivity index (χ3v) is 5.14. The lowest BCUT2D eigenvalue weighted by Crippen LogP contribution is -2.07. The molecule has 1 amide bonds. The van der Waals surface area contributed by atoms with Crippen molar-refractivity contribution in [3.8, 4) is 17.2 Å². The SMILES string of the molecule is COc1ccc2cc(-c3csc(NC(=O)/C=C/c4ccccc4Cl)n3)oc2c1. The van der Waals surface area contributed by atoms with Gasteiger partial charge >= 0.3 is 0 Å². The molecule has 1 N–H and O–H groups in total. The fourth-order valence-electron chi connectivity index (χ4n) is 2.63. The van der Waals surface area contributed by atoms with Crippen molar-refractivity contribution < 1.29 is 13.9 Å². The van der Waals surface area contributed by atoms with Gasteiger partial charge in [0.05, 0.1) is 7.11 Å². The summed E-state index contributed by atoms with van der Waals surface area (Å²) >= 11 is 7.41. The van der Waals surface area contributed by atoms with Gasteiger partial charge in [-0.15, -0.1) is 11.3 Å². The lowest BCUT2D eigenvalue weighted by molar-refractivity contribution is -0.111. The topological polar surface area (TPSA) is 64.4 Å². The standard InChI is InChI=1S/C21H15ClN2O3S/c1-26-15-8-6-14-10-19(27-18(14)11-15)17-12-28-21(23-17)24-20(25)9-7-13-4-2-3-5-16(13)22/h2-12H,1H3,(H,23,24,25)/b9-7+. The van der Waals surface area contributed by atoms with Gasteiger partial charge in [0.15, 0.2) is 10.9 Å². The first kappa shape index (κ1) is 18.3. The lowest BCUT2D eigenvalue weighted by atomic mass is 10.2. The number of nitrogens with zero attached hydrogens (tertiary/aromatic N) is 1. The molecule has 0 radical (unpaired) electrons. The van der Waals surface area contributed by atoms with Gasteiger partial charge in [-0.3, -0.25) is 10.1 Å². The highest BCUT2D eigenvalue weighted by molar-refractivity contribution is 7.14. The summed E-state index contributed by atoms with van der Waals surface area (Å²) in [6.07, 6.45) is 3.09. The number of methoxy groups -OCH3 is 1. The maximum Gasteiger partial charge on any atom is 0.250 e. The molecule has 0 atom stereocenters. The van der Waals surface area contributed by atoms with Crippen molar-refractivity contribution in [3.63, 3.8) is 0 Å². The van der Waals surface area contributed by atoms with Gasteiger partial charge < -0.3 is 9.15 Å². The first-order valence-corrected chi connectivity index (χ1v) is 9.65. The molecule has 0 spiro atoms. The third kappa shape index (κ3) is 3.93. The summed E-state index contributed by atoms with van der Waals surface area (Å²) in [6.45, 7) is 0. The molecular weight excluding hydrogens is 396 g/mol.